The number of nitrogens with zero attached hydrogens (tertiary/aromatic N) is 2. The Hall–Kier alpha value is -0.900. The lowest BCUT2D eigenvalue weighted by atomic mass is 10.4. The fourth-order valence-corrected chi connectivity index (χ4v) is 0.714. The highest BCUT2D eigenvalue weighted by Crippen LogP contribution is 1.93. The Morgan fingerprint density at radius 1 is 1.70 bits per heavy atom. The molecule has 0 unspecified atom stereocenters. The van der Waals surface area contributed by atoms with Crippen LogP contribution < -0.4 is 5.73 Å². The Morgan fingerprint density at radius 3 is 3.00 bits per heavy atom. The number of hydrogen-bond donors (Lipinski definition) is 1. The molecule has 0 radical (unpaired) electrons. The number of halogens is 1. The Kier molecular flexibility index (Phi) is 2.39. The molecule has 0 bridgehead atoms. The summed E-state index contributed by atoms with van der Waals surface area (Å²) in [6, 6.07) is 0. The topological polar surface area (TPSA) is 43.8 Å². The molecule has 0 fully saturated rings. The Balaban J connectivity index is 2.42. The quantitative estimate of drug-likeness (QED) is 0.664. The van der Waals surface area contributed by atoms with Gasteiger partial charge in [0, 0.05) is 6.54 Å². The van der Waals surface area contributed by atoms with Crippen LogP contribution in [-0.2, 0) is 6.54 Å². The van der Waals surface area contributed by atoms with Crippen LogP contribution in [0.15, 0.2) is 12.4 Å². The van der Waals surface area contributed by atoms with Gasteiger partial charge in [0.25, 0.3) is 0 Å². The molecular formula is C6H10FN3. The van der Waals surface area contributed by atoms with Gasteiger partial charge in [0.2, 0.25) is 0 Å². The van der Waals surface area contributed by atoms with Gasteiger partial charge in [-0.3, -0.25) is 4.68 Å². The van der Waals surface area contributed by atoms with Gasteiger partial charge in [-0.1, -0.05) is 0 Å². The number of nitrogens with two attached hydrogens (primary N) is 1. The lowest BCUT2D eigenvalue weighted by Gasteiger charge is -1.95. The van der Waals surface area contributed by atoms with Crippen molar-refractivity contribution < 1.29 is 4.39 Å². The van der Waals surface area contributed by atoms with E-state index in [-0.39, 0.29) is 5.82 Å². The first-order valence-electron chi connectivity index (χ1n) is 3.21. The van der Waals surface area contributed by atoms with Crippen molar-refractivity contribution in [2.75, 3.05) is 6.54 Å². The van der Waals surface area contributed by atoms with Crippen molar-refractivity contribution in [3.63, 3.8) is 0 Å². The molecule has 0 aliphatic heterocycles. The monoisotopic (exact) mass is 143 g/mol. The van der Waals surface area contributed by atoms with E-state index in [4.69, 9.17) is 5.73 Å². The largest absolute Gasteiger partial charge is 0.330 e. The second kappa shape index (κ2) is 3.31. The smallest absolute Gasteiger partial charge is 0.161 e. The van der Waals surface area contributed by atoms with E-state index < -0.39 is 0 Å². The lowest BCUT2D eigenvalue weighted by molar-refractivity contribution is 0.575. The van der Waals surface area contributed by atoms with Crippen molar-refractivity contribution in [1.29, 1.82) is 0 Å². The summed E-state index contributed by atoms with van der Waals surface area (Å²) in [6.45, 7) is 1.31. The number of aryl methyl sites for hydroxylation is 1. The van der Waals surface area contributed by atoms with Gasteiger partial charge in [0.05, 0.1) is 12.4 Å². The molecule has 0 saturated carbocycles. The molecule has 1 aromatic rings. The molecule has 3 nitrogen and oxygen atoms in total. The second-order valence-electron chi connectivity index (χ2n) is 2.06. The van der Waals surface area contributed by atoms with Crippen molar-refractivity contribution in [2.45, 2.75) is 13.0 Å². The van der Waals surface area contributed by atoms with Gasteiger partial charge in [0.1, 0.15) is 0 Å². The number of rotatable bonds is 3. The highest BCUT2D eigenvalue weighted by Gasteiger charge is 1.93. The van der Waals surface area contributed by atoms with Crippen LogP contribution in [0.3, 0.4) is 0 Å². The first-order chi connectivity index (χ1) is 4.83. The molecule has 0 aliphatic rings. The molecule has 1 rings (SSSR count). The Morgan fingerprint density at radius 2 is 2.50 bits per heavy atom. The lowest BCUT2D eigenvalue weighted by Crippen LogP contribution is -2.05. The molecule has 0 aliphatic carbocycles. The van der Waals surface area contributed by atoms with E-state index in [0.29, 0.717) is 13.1 Å². The van der Waals surface area contributed by atoms with E-state index in [1.54, 1.807) is 4.68 Å². The molecule has 4 heteroatoms. The van der Waals surface area contributed by atoms with Gasteiger partial charge in [-0.25, -0.2) is 4.39 Å². The molecule has 1 heterocycles. The van der Waals surface area contributed by atoms with Crippen LogP contribution in [0, 0.1) is 5.82 Å². The third kappa shape index (κ3) is 1.80. The Labute approximate surface area is 58.6 Å². The first-order valence-corrected chi connectivity index (χ1v) is 3.21. The van der Waals surface area contributed by atoms with Crippen LogP contribution in [0.4, 0.5) is 4.39 Å². The number of hydrogen-bond acceptors (Lipinski definition) is 2. The summed E-state index contributed by atoms with van der Waals surface area (Å²) in [6.07, 6.45) is 3.38. The van der Waals surface area contributed by atoms with Crippen LogP contribution in [-0.4, -0.2) is 16.3 Å². The highest BCUT2D eigenvalue weighted by atomic mass is 19.1. The van der Waals surface area contributed by atoms with E-state index in [2.05, 4.69) is 5.10 Å². The molecule has 0 aromatic carbocycles. The van der Waals surface area contributed by atoms with Crippen molar-refractivity contribution in [3.8, 4) is 0 Å². The second-order valence-corrected chi connectivity index (χ2v) is 2.06. The minimum absolute atomic E-state index is 0.294. The highest BCUT2D eigenvalue weighted by molar-refractivity contribution is 4.83. The Bertz CT molecular complexity index is 197. The third-order valence-electron chi connectivity index (χ3n) is 1.19. The fourth-order valence-electron chi connectivity index (χ4n) is 0.714. The minimum atomic E-state index is -0.294. The molecule has 0 spiro atoms. The molecule has 10 heavy (non-hydrogen) atoms. The van der Waals surface area contributed by atoms with E-state index in [9.17, 15) is 4.39 Å². The zero-order valence-corrected chi connectivity index (χ0v) is 5.63. The predicted molar refractivity (Wildman–Crippen MR) is 35.9 cm³/mol. The van der Waals surface area contributed by atoms with Crippen LogP contribution in [0.25, 0.3) is 0 Å². The van der Waals surface area contributed by atoms with Crippen molar-refractivity contribution in [1.82, 2.24) is 9.78 Å². The van der Waals surface area contributed by atoms with Gasteiger partial charge in [-0.15, -0.1) is 0 Å². The normalized spacial score (nSPS) is 10.2. The molecule has 1 aromatic heterocycles. The maximum Gasteiger partial charge on any atom is 0.161 e. The van der Waals surface area contributed by atoms with Crippen LogP contribution >= 0.6 is 0 Å². The summed E-state index contributed by atoms with van der Waals surface area (Å²) in [5.74, 6) is -0.294. The van der Waals surface area contributed by atoms with Gasteiger partial charge in [-0.05, 0) is 13.0 Å². The van der Waals surface area contributed by atoms with Gasteiger partial charge < -0.3 is 5.73 Å². The molecule has 0 atom stereocenters. The van der Waals surface area contributed by atoms with E-state index in [0.717, 1.165) is 6.42 Å². The molecule has 2 N–H and O–H groups in total. The maximum atomic E-state index is 12.2. The molecule has 0 amide bonds. The van der Waals surface area contributed by atoms with Crippen LogP contribution in [0.5, 0.6) is 0 Å². The van der Waals surface area contributed by atoms with E-state index in [1.165, 1.54) is 12.4 Å². The van der Waals surface area contributed by atoms with Gasteiger partial charge in [-0.2, -0.15) is 5.10 Å². The van der Waals surface area contributed by atoms with Gasteiger partial charge in [0.15, 0.2) is 5.82 Å². The zero-order valence-electron chi connectivity index (χ0n) is 5.63. The minimum Gasteiger partial charge on any atom is -0.330 e. The third-order valence-corrected chi connectivity index (χ3v) is 1.19. The first kappa shape index (κ1) is 7.21. The predicted octanol–water partition coefficient (Wildman–Crippen LogP) is 0.371. The van der Waals surface area contributed by atoms with Gasteiger partial charge >= 0.3 is 0 Å². The summed E-state index contributed by atoms with van der Waals surface area (Å²) in [7, 11) is 0. The van der Waals surface area contributed by atoms with Crippen LogP contribution in [0.2, 0.25) is 0 Å². The average molecular weight is 143 g/mol. The summed E-state index contributed by atoms with van der Waals surface area (Å²) in [5.41, 5.74) is 5.25. The molecule has 56 valence electrons. The average Bonchev–Trinajstić information content (AvgIpc) is 2.31. The van der Waals surface area contributed by atoms with Crippen LogP contribution in [0.1, 0.15) is 6.42 Å². The SMILES string of the molecule is NCCCn1cc(F)cn1. The molecule has 0 saturated heterocycles. The van der Waals surface area contributed by atoms with Crippen molar-refractivity contribution in [2.24, 2.45) is 5.73 Å². The summed E-state index contributed by atoms with van der Waals surface area (Å²) in [4.78, 5) is 0. The summed E-state index contributed by atoms with van der Waals surface area (Å²) >= 11 is 0. The number of aromatic nitrogens is 2. The maximum absolute atomic E-state index is 12.2. The summed E-state index contributed by atoms with van der Waals surface area (Å²) < 4.78 is 13.8. The van der Waals surface area contributed by atoms with Crippen molar-refractivity contribution >= 4 is 0 Å². The summed E-state index contributed by atoms with van der Waals surface area (Å²) in [5, 5.41) is 3.74. The van der Waals surface area contributed by atoms with E-state index in [1.807, 2.05) is 0 Å². The van der Waals surface area contributed by atoms with Crippen molar-refractivity contribution in [3.05, 3.63) is 18.2 Å². The molecular weight excluding hydrogens is 133 g/mol. The standard InChI is InChI=1S/C6H10FN3/c7-6-4-9-10(5-6)3-1-2-8/h4-5H,1-3,8H2. The van der Waals surface area contributed by atoms with E-state index >= 15 is 0 Å². The fraction of sp³-hybridized carbons (Fsp3) is 0.500. The zero-order chi connectivity index (χ0) is 7.40.